The molecule has 0 atom stereocenters. The van der Waals surface area contributed by atoms with Crippen molar-refractivity contribution in [1.82, 2.24) is 15.4 Å². The Morgan fingerprint density at radius 3 is 2.22 bits per heavy atom. The van der Waals surface area contributed by atoms with Crippen LogP contribution in [-0.4, -0.2) is 15.4 Å². The van der Waals surface area contributed by atoms with Gasteiger partial charge in [0.15, 0.2) is 0 Å². The minimum absolute atomic E-state index is 0.676. The van der Waals surface area contributed by atoms with Crippen LogP contribution in [0.3, 0.4) is 0 Å². The smallest absolute Gasteiger partial charge is 0.144 e. The van der Waals surface area contributed by atoms with Crippen LogP contribution in [0, 0.1) is 6.92 Å². The van der Waals surface area contributed by atoms with E-state index < -0.39 is 0 Å². The van der Waals surface area contributed by atoms with Gasteiger partial charge in [-0.05, 0) is 19.1 Å². The van der Waals surface area contributed by atoms with Gasteiger partial charge in [-0.15, -0.1) is 10.2 Å². The van der Waals surface area contributed by atoms with Crippen molar-refractivity contribution in [2.45, 2.75) is 6.92 Å². The first-order chi connectivity index (χ1) is 11.2. The van der Waals surface area contributed by atoms with Crippen molar-refractivity contribution in [2.24, 2.45) is 0 Å². The van der Waals surface area contributed by atoms with E-state index in [1.807, 2.05) is 61.5 Å². The molecule has 0 N–H and O–H groups in total. The molecule has 0 radical (unpaired) electrons. The molecular formula is C18H12ClN3O. The number of hydrogen-bond acceptors (Lipinski definition) is 4. The molecule has 4 rings (SSSR count). The molecule has 2 aromatic carbocycles. The highest BCUT2D eigenvalue weighted by Crippen LogP contribution is 2.33. The summed E-state index contributed by atoms with van der Waals surface area (Å²) in [5.74, 6) is 0.726. The largest absolute Gasteiger partial charge is 0.360 e. The molecular weight excluding hydrogens is 310 g/mol. The Balaban J connectivity index is 1.98. The molecule has 0 unspecified atom stereocenters. The zero-order chi connectivity index (χ0) is 15.8. The Bertz CT molecular complexity index is 979. The van der Waals surface area contributed by atoms with Crippen molar-refractivity contribution in [1.29, 1.82) is 0 Å². The van der Waals surface area contributed by atoms with E-state index in [-0.39, 0.29) is 0 Å². The van der Waals surface area contributed by atoms with Gasteiger partial charge in [0.05, 0.1) is 5.39 Å². The van der Waals surface area contributed by atoms with E-state index in [1.54, 1.807) is 0 Å². The van der Waals surface area contributed by atoms with Crippen LogP contribution in [0.15, 0.2) is 59.1 Å². The zero-order valence-electron chi connectivity index (χ0n) is 12.3. The van der Waals surface area contributed by atoms with Crippen LogP contribution < -0.4 is 0 Å². The van der Waals surface area contributed by atoms with Gasteiger partial charge in [-0.1, -0.05) is 59.2 Å². The van der Waals surface area contributed by atoms with Crippen LogP contribution in [0.2, 0.25) is 5.02 Å². The van der Waals surface area contributed by atoms with Gasteiger partial charge in [-0.2, -0.15) is 0 Å². The number of benzene rings is 2. The molecule has 0 amide bonds. The van der Waals surface area contributed by atoms with E-state index in [0.717, 1.165) is 28.0 Å². The maximum Gasteiger partial charge on any atom is 0.144 e. The monoisotopic (exact) mass is 321 g/mol. The molecule has 0 fully saturated rings. The van der Waals surface area contributed by atoms with Gasteiger partial charge in [0.1, 0.15) is 22.7 Å². The summed E-state index contributed by atoms with van der Waals surface area (Å²) in [5.41, 5.74) is 4.06. The third-order valence-electron chi connectivity index (χ3n) is 3.74. The average Bonchev–Trinajstić information content (AvgIpc) is 2.98. The second-order valence-electron chi connectivity index (χ2n) is 5.23. The molecule has 0 aliphatic rings. The van der Waals surface area contributed by atoms with Crippen molar-refractivity contribution in [2.75, 3.05) is 0 Å². The van der Waals surface area contributed by atoms with E-state index >= 15 is 0 Å². The molecule has 23 heavy (non-hydrogen) atoms. The summed E-state index contributed by atoms with van der Waals surface area (Å²) in [7, 11) is 0. The molecule has 0 bridgehead atoms. The van der Waals surface area contributed by atoms with E-state index in [9.17, 15) is 0 Å². The number of hydrogen-bond donors (Lipinski definition) is 0. The van der Waals surface area contributed by atoms with E-state index in [2.05, 4.69) is 15.4 Å². The summed E-state index contributed by atoms with van der Waals surface area (Å²) in [6.45, 7) is 1.88. The third-order valence-corrected chi connectivity index (χ3v) is 3.99. The summed E-state index contributed by atoms with van der Waals surface area (Å²) >= 11 is 5.96. The number of rotatable bonds is 2. The van der Waals surface area contributed by atoms with E-state index in [4.69, 9.17) is 16.1 Å². The van der Waals surface area contributed by atoms with Gasteiger partial charge >= 0.3 is 0 Å². The molecule has 4 aromatic rings. The third kappa shape index (κ3) is 2.37. The van der Waals surface area contributed by atoms with Crippen molar-refractivity contribution in [3.05, 3.63) is 65.4 Å². The molecule has 112 valence electrons. The van der Waals surface area contributed by atoms with Crippen molar-refractivity contribution in [3.63, 3.8) is 0 Å². The number of nitrogens with zero attached hydrogens (tertiary/aromatic N) is 3. The standard InChI is InChI=1S/C18H12ClN3O/c1-11-15-16(12-5-3-2-4-6-12)20-21-17(18(15)22-23-11)13-7-9-14(19)10-8-13/h2-10H,1H3. The fourth-order valence-corrected chi connectivity index (χ4v) is 2.74. The summed E-state index contributed by atoms with van der Waals surface area (Å²) in [5, 5.41) is 14.6. The van der Waals surface area contributed by atoms with Crippen LogP contribution in [0.4, 0.5) is 0 Å². The first-order valence-corrected chi connectivity index (χ1v) is 7.56. The molecule has 0 aliphatic heterocycles. The Morgan fingerprint density at radius 2 is 1.48 bits per heavy atom. The number of aryl methyl sites for hydroxylation is 1. The van der Waals surface area contributed by atoms with Gasteiger partial charge in [0, 0.05) is 16.1 Å². The molecule has 5 heteroatoms. The molecule has 4 nitrogen and oxygen atoms in total. The van der Waals surface area contributed by atoms with Gasteiger partial charge < -0.3 is 4.52 Å². The van der Waals surface area contributed by atoms with Crippen LogP contribution in [0.1, 0.15) is 5.76 Å². The number of aromatic nitrogens is 3. The summed E-state index contributed by atoms with van der Waals surface area (Å²) in [6, 6.07) is 17.4. The van der Waals surface area contributed by atoms with E-state index in [0.29, 0.717) is 16.2 Å². The van der Waals surface area contributed by atoms with E-state index in [1.165, 1.54) is 0 Å². The minimum atomic E-state index is 0.676. The van der Waals surface area contributed by atoms with Crippen molar-refractivity contribution < 1.29 is 4.52 Å². The predicted molar refractivity (Wildman–Crippen MR) is 90.2 cm³/mol. The predicted octanol–water partition coefficient (Wildman–Crippen LogP) is 4.91. The van der Waals surface area contributed by atoms with Crippen LogP contribution in [-0.2, 0) is 0 Å². The normalized spacial score (nSPS) is 11.0. The van der Waals surface area contributed by atoms with Gasteiger partial charge in [0.25, 0.3) is 0 Å². The van der Waals surface area contributed by atoms with Crippen molar-refractivity contribution >= 4 is 22.5 Å². The topological polar surface area (TPSA) is 51.8 Å². The second kappa shape index (κ2) is 5.48. The van der Waals surface area contributed by atoms with Gasteiger partial charge in [-0.3, -0.25) is 0 Å². The fraction of sp³-hybridized carbons (Fsp3) is 0.0556. The maximum absolute atomic E-state index is 5.96. The Kier molecular flexibility index (Phi) is 3.32. The maximum atomic E-state index is 5.96. The molecule has 2 heterocycles. The fourth-order valence-electron chi connectivity index (χ4n) is 2.61. The summed E-state index contributed by atoms with van der Waals surface area (Å²) < 4.78 is 5.41. The zero-order valence-corrected chi connectivity index (χ0v) is 13.1. The number of fused-ring (bicyclic) bond motifs is 1. The lowest BCUT2D eigenvalue weighted by Gasteiger charge is -2.05. The van der Waals surface area contributed by atoms with Crippen LogP contribution >= 0.6 is 11.6 Å². The first-order valence-electron chi connectivity index (χ1n) is 7.18. The molecule has 0 saturated carbocycles. The Hall–Kier alpha value is -2.72. The van der Waals surface area contributed by atoms with Crippen LogP contribution in [0.5, 0.6) is 0 Å². The van der Waals surface area contributed by atoms with Gasteiger partial charge in [0.2, 0.25) is 0 Å². The molecule has 2 aromatic heterocycles. The number of halogens is 1. The Morgan fingerprint density at radius 1 is 0.826 bits per heavy atom. The van der Waals surface area contributed by atoms with Gasteiger partial charge in [-0.25, -0.2) is 0 Å². The molecule has 0 aliphatic carbocycles. The lowest BCUT2D eigenvalue weighted by Crippen LogP contribution is -1.94. The highest BCUT2D eigenvalue weighted by molar-refractivity contribution is 6.30. The first kappa shape index (κ1) is 13.9. The second-order valence-corrected chi connectivity index (χ2v) is 5.67. The quantitative estimate of drug-likeness (QED) is 0.526. The minimum Gasteiger partial charge on any atom is -0.360 e. The lowest BCUT2D eigenvalue weighted by atomic mass is 10.0. The highest BCUT2D eigenvalue weighted by atomic mass is 35.5. The molecule has 0 saturated heterocycles. The summed E-state index contributed by atoms with van der Waals surface area (Å²) in [4.78, 5) is 0. The van der Waals surface area contributed by atoms with Crippen molar-refractivity contribution in [3.8, 4) is 22.5 Å². The summed E-state index contributed by atoms with van der Waals surface area (Å²) in [6.07, 6.45) is 0. The average molecular weight is 322 g/mol. The highest BCUT2D eigenvalue weighted by Gasteiger charge is 2.18. The SMILES string of the molecule is Cc1onc2c(-c3ccc(Cl)cc3)nnc(-c3ccccc3)c12. The molecule has 0 spiro atoms. The van der Waals surface area contributed by atoms with Crippen LogP contribution in [0.25, 0.3) is 33.4 Å². The lowest BCUT2D eigenvalue weighted by molar-refractivity contribution is 0.405. The Labute approximate surface area is 137 Å².